The first-order chi connectivity index (χ1) is 33.2. The topological polar surface area (TPSA) is 29.5 Å². The molecule has 0 unspecified atom stereocenters. The Labute approximate surface area is 404 Å². The van der Waals surface area contributed by atoms with Crippen LogP contribution in [0.1, 0.15) is 83.3 Å². The third-order valence-corrected chi connectivity index (χ3v) is 16.0. The summed E-state index contributed by atoms with van der Waals surface area (Å²) in [6.45, 7) is 22.8. The van der Waals surface area contributed by atoms with E-state index in [0.717, 1.165) is 55.6 Å². The first kappa shape index (κ1) is 41.6. The highest BCUT2D eigenvalue weighted by Gasteiger charge is 2.41. The van der Waals surface area contributed by atoms with Gasteiger partial charge >= 0.3 is 0 Å². The van der Waals surface area contributed by atoms with E-state index < -0.39 is 0 Å². The van der Waals surface area contributed by atoms with Crippen molar-refractivity contribution in [3.8, 4) is 44.5 Å². The Morgan fingerprint density at radius 2 is 0.768 bits per heavy atom. The number of furan rings is 2. The quantitative estimate of drug-likeness (QED) is 0.172. The van der Waals surface area contributed by atoms with Crippen LogP contribution in [-0.2, 0) is 10.8 Å². The maximum atomic E-state index is 6.87. The number of fused-ring (bicyclic) bond motifs is 14. The molecular weight excluding hydrogens is 839 g/mol. The number of nitrogens with zero attached hydrogens (tertiary/aromatic N) is 1. The van der Waals surface area contributed by atoms with Gasteiger partial charge in [-0.05, 0) is 168 Å². The van der Waals surface area contributed by atoms with E-state index in [0.29, 0.717) is 0 Å². The summed E-state index contributed by atoms with van der Waals surface area (Å²) in [7, 11) is 0. The van der Waals surface area contributed by atoms with Crippen LogP contribution in [-0.4, -0.2) is 0 Å². The van der Waals surface area contributed by atoms with Crippen molar-refractivity contribution in [2.75, 3.05) is 4.90 Å². The predicted molar refractivity (Wildman–Crippen MR) is 290 cm³/mol. The van der Waals surface area contributed by atoms with Crippen molar-refractivity contribution in [3.63, 3.8) is 0 Å². The van der Waals surface area contributed by atoms with Crippen molar-refractivity contribution < 1.29 is 8.83 Å². The number of rotatable bonds is 5. The van der Waals surface area contributed by atoms with Gasteiger partial charge < -0.3 is 13.7 Å². The van der Waals surface area contributed by atoms with E-state index in [1.807, 2.05) is 0 Å². The summed E-state index contributed by atoms with van der Waals surface area (Å²) in [4.78, 5) is 2.50. The highest BCUT2D eigenvalue weighted by Crippen LogP contribution is 2.59. The zero-order valence-electron chi connectivity index (χ0n) is 41.2. The lowest BCUT2D eigenvalue weighted by molar-refractivity contribution is 0.657. The van der Waals surface area contributed by atoms with Gasteiger partial charge in [-0.3, -0.25) is 0 Å². The van der Waals surface area contributed by atoms with Crippen LogP contribution in [0.3, 0.4) is 0 Å². The Morgan fingerprint density at radius 1 is 0.362 bits per heavy atom. The lowest BCUT2D eigenvalue weighted by atomic mass is 9.80. The molecule has 2 aliphatic carbocycles. The Morgan fingerprint density at radius 3 is 1.20 bits per heavy atom. The SMILES string of the molecule is Cc1ccc(-c2cc3c(c4c2oc2ccccc24)-c2ccc(N(c4ccc5c(c4)C(C)(C)c4cc(-c6ccc(C)cc6C)c6oc7ccccc7c6c4-5)c4ccc(C)cc4C)cc2C3(C)C)c(C)c1. The largest absolute Gasteiger partial charge is 0.455 e. The number of anilines is 3. The Hall–Kier alpha value is -7.62. The van der Waals surface area contributed by atoms with Crippen LogP contribution in [0.5, 0.6) is 0 Å². The average molecular weight is 894 g/mol. The molecule has 0 N–H and O–H groups in total. The van der Waals surface area contributed by atoms with Gasteiger partial charge in [0, 0.05) is 60.6 Å². The van der Waals surface area contributed by atoms with E-state index in [4.69, 9.17) is 8.83 Å². The van der Waals surface area contributed by atoms with Crippen LogP contribution >= 0.6 is 0 Å². The fourth-order valence-corrected chi connectivity index (χ4v) is 12.6. The molecule has 0 atom stereocenters. The van der Waals surface area contributed by atoms with Crippen LogP contribution in [0.4, 0.5) is 17.1 Å². The maximum Gasteiger partial charge on any atom is 0.143 e. The van der Waals surface area contributed by atoms with Crippen molar-refractivity contribution in [1.29, 1.82) is 0 Å². The highest BCUT2D eigenvalue weighted by atomic mass is 16.3. The van der Waals surface area contributed by atoms with Gasteiger partial charge in [0.1, 0.15) is 22.3 Å². The van der Waals surface area contributed by atoms with Gasteiger partial charge in [0.15, 0.2) is 0 Å². The van der Waals surface area contributed by atoms with E-state index in [2.05, 4.69) is 226 Å². The molecule has 2 aliphatic rings. The molecule has 3 nitrogen and oxygen atoms in total. The number of aryl methyl sites for hydroxylation is 6. The minimum atomic E-state index is -0.303. The van der Waals surface area contributed by atoms with Crippen molar-refractivity contribution in [2.24, 2.45) is 0 Å². The molecular formula is C66H55NO2. The molecule has 0 amide bonds. The van der Waals surface area contributed by atoms with E-state index in [1.54, 1.807) is 0 Å². The number of benzene rings is 9. The molecule has 0 fully saturated rings. The molecule has 13 rings (SSSR count). The van der Waals surface area contributed by atoms with Gasteiger partial charge in [-0.1, -0.05) is 141 Å². The van der Waals surface area contributed by atoms with Crippen molar-refractivity contribution in [3.05, 3.63) is 207 Å². The second-order valence-electron chi connectivity index (χ2n) is 21.3. The van der Waals surface area contributed by atoms with E-state index in [-0.39, 0.29) is 10.8 Å². The van der Waals surface area contributed by atoms with Crippen LogP contribution < -0.4 is 4.90 Å². The normalized spacial score (nSPS) is 14.2. The lowest BCUT2D eigenvalue weighted by Crippen LogP contribution is -2.18. The molecule has 11 aromatic rings. The van der Waals surface area contributed by atoms with Gasteiger partial charge in [-0.25, -0.2) is 0 Å². The van der Waals surface area contributed by atoms with Crippen LogP contribution in [0.25, 0.3) is 88.4 Å². The predicted octanol–water partition coefficient (Wildman–Crippen LogP) is 18.8. The molecule has 0 saturated carbocycles. The smallest absolute Gasteiger partial charge is 0.143 e. The second-order valence-corrected chi connectivity index (χ2v) is 21.3. The van der Waals surface area contributed by atoms with Crippen molar-refractivity contribution >= 4 is 60.9 Å². The molecule has 3 heteroatoms. The Balaban J connectivity index is 1.02. The van der Waals surface area contributed by atoms with Gasteiger partial charge in [-0.2, -0.15) is 0 Å². The van der Waals surface area contributed by atoms with Crippen molar-refractivity contribution in [1.82, 2.24) is 0 Å². The Kier molecular flexibility index (Phi) is 8.70. The van der Waals surface area contributed by atoms with E-state index >= 15 is 0 Å². The number of hydrogen-bond acceptors (Lipinski definition) is 3. The summed E-state index contributed by atoms with van der Waals surface area (Å²) in [6, 6.07) is 56.8. The minimum absolute atomic E-state index is 0.303. The first-order valence-electron chi connectivity index (χ1n) is 24.5. The van der Waals surface area contributed by atoms with E-state index in [1.165, 1.54) is 105 Å². The van der Waals surface area contributed by atoms with E-state index in [9.17, 15) is 0 Å². The van der Waals surface area contributed by atoms with Crippen LogP contribution in [0.2, 0.25) is 0 Å². The molecule has 0 spiro atoms. The summed E-state index contributed by atoms with van der Waals surface area (Å²) >= 11 is 0. The van der Waals surface area contributed by atoms with Gasteiger partial charge in [0.25, 0.3) is 0 Å². The average Bonchev–Trinajstić information content (AvgIpc) is 4.02. The Bertz CT molecular complexity index is 3800. The summed E-state index contributed by atoms with van der Waals surface area (Å²) in [5, 5.41) is 4.71. The fourth-order valence-electron chi connectivity index (χ4n) is 12.6. The molecule has 69 heavy (non-hydrogen) atoms. The zero-order valence-corrected chi connectivity index (χ0v) is 41.2. The third-order valence-electron chi connectivity index (χ3n) is 16.0. The number of hydrogen-bond donors (Lipinski definition) is 0. The molecule has 2 heterocycles. The number of para-hydroxylation sites is 2. The van der Waals surface area contributed by atoms with Crippen molar-refractivity contribution in [2.45, 2.75) is 80.1 Å². The second kappa shape index (κ2) is 14.5. The van der Waals surface area contributed by atoms with Gasteiger partial charge in [0.05, 0.1) is 0 Å². The molecule has 9 aromatic carbocycles. The first-order valence-corrected chi connectivity index (χ1v) is 24.5. The monoisotopic (exact) mass is 893 g/mol. The van der Waals surface area contributed by atoms with Crippen LogP contribution in [0, 0.1) is 41.5 Å². The summed E-state index contributed by atoms with van der Waals surface area (Å²) < 4.78 is 13.7. The molecule has 336 valence electrons. The fraction of sp³-hybridized carbons (Fsp3) is 0.182. The summed E-state index contributed by atoms with van der Waals surface area (Å²) in [5.41, 5.74) is 29.2. The summed E-state index contributed by atoms with van der Waals surface area (Å²) in [5.74, 6) is 0. The zero-order chi connectivity index (χ0) is 47.4. The van der Waals surface area contributed by atoms with Crippen LogP contribution in [0.15, 0.2) is 160 Å². The van der Waals surface area contributed by atoms with Gasteiger partial charge in [0.2, 0.25) is 0 Å². The molecule has 2 aromatic heterocycles. The summed E-state index contributed by atoms with van der Waals surface area (Å²) in [6.07, 6.45) is 0. The molecule has 0 aliphatic heterocycles. The highest BCUT2D eigenvalue weighted by molar-refractivity contribution is 6.20. The third kappa shape index (κ3) is 5.86. The standard InChI is InChI=1S/C66H55NO2/c1-36-19-24-44(39(4)29-36)50-34-54-59(61-48-15-11-13-17-57(48)68-63(50)61)46-26-22-42(32-52(46)65(54,7)8)67(56-28-21-38(3)31-41(56)6)43-23-27-47-53(33-43)66(9,10)55-35-51(45-25-20-37(2)30-40(45)5)64-62(60(47)55)49-16-12-14-18-58(49)69-64/h11-35H,1-10H3. The minimum Gasteiger partial charge on any atom is -0.455 e. The maximum absolute atomic E-state index is 6.87. The lowest BCUT2D eigenvalue weighted by Gasteiger charge is -2.31. The molecule has 0 saturated heterocycles. The van der Waals surface area contributed by atoms with Gasteiger partial charge in [-0.15, -0.1) is 0 Å². The molecule has 0 bridgehead atoms. The molecule has 0 radical (unpaired) electrons.